The maximum atomic E-state index is 8.14. The molecule has 0 aliphatic carbocycles. The van der Waals surface area contributed by atoms with E-state index in [0.717, 1.165) is 6.61 Å². The molecule has 0 aromatic carbocycles. The van der Waals surface area contributed by atoms with Gasteiger partial charge in [-0.1, -0.05) is 20.4 Å². The van der Waals surface area contributed by atoms with Gasteiger partial charge < -0.3 is 9.84 Å². The minimum absolute atomic E-state index is 0.306. The molecule has 2 heteroatoms. The van der Waals surface area contributed by atoms with E-state index in [9.17, 15) is 0 Å². The summed E-state index contributed by atoms with van der Waals surface area (Å²) in [5, 5.41) is 8.14. The molecule has 0 aliphatic heterocycles. The van der Waals surface area contributed by atoms with Crippen LogP contribution in [0.2, 0.25) is 0 Å². The van der Waals surface area contributed by atoms with Gasteiger partial charge in [-0.2, -0.15) is 0 Å². The van der Waals surface area contributed by atoms with Gasteiger partial charge in [-0.05, 0) is 12.8 Å². The predicted octanol–water partition coefficient (Wildman–Crippen LogP) is 1.80. The minimum Gasteiger partial charge on any atom is -0.502 e. The third-order valence-electron chi connectivity index (χ3n) is 0.650. The second-order valence-electron chi connectivity index (χ2n) is 2.20. The maximum absolute atomic E-state index is 8.14. The van der Waals surface area contributed by atoms with Crippen LogP contribution in [-0.2, 0) is 4.74 Å². The topological polar surface area (TPSA) is 29.5 Å². The Hall–Kier alpha value is -0.500. The number of rotatable bonds is 3. The molecular weight excluding hydrogens is 128 g/mol. The first-order valence-corrected chi connectivity index (χ1v) is 3.52. The molecule has 0 aromatic heterocycles. The molecule has 2 nitrogen and oxygen atoms in total. The number of aliphatic hydroxyl groups excluding tert-OH is 1. The van der Waals surface area contributed by atoms with Crippen molar-refractivity contribution in [1.29, 1.82) is 0 Å². The fourth-order valence-corrected chi connectivity index (χ4v) is 0.118. The highest BCUT2D eigenvalue weighted by molar-refractivity contribution is 4.45. The fraction of sp³-hybridized carbons (Fsp3) is 0.750. The van der Waals surface area contributed by atoms with E-state index in [1.54, 1.807) is 0 Å². The van der Waals surface area contributed by atoms with Gasteiger partial charge in [0.15, 0.2) is 0 Å². The van der Waals surface area contributed by atoms with E-state index in [2.05, 4.69) is 11.3 Å². The second kappa shape index (κ2) is 11.3. The Bertz CT molecular complexity index is 60.3. The molecule has 0 aliphatic rings. The largest absolute Gasteiger partial charge is 0.502 e. The summed E-state index contributed by atoms with van der Waals surface area (Å²) in [5.74, 6) is 0.440. The Morgan fingerprint density at radius 2 is 2.00 bits per heavy atom. The van der Waals surface area contributed by atoms with Gasteiger partial charge in [0.2, 0.25) is 0 Å². The Morgan fingerprint density at radius 1 is 1.60 bits per heavy atom. The molecule has 0 spiro atoms. The van der Waals surface area contributed by atoms with Gasteiger partial charge in [-0.25, -0.2) is 0 Å². The highest BCUT2D eigenvalue weighted by Crippen LogP contribution is 1.83. The van der Waals surface area contributed by atoms with Crippen molar-refractivity contribution >= 4 is 0 Å². The molecule has 1 N–H and O–H groups in total. The van der Waals surface area contributed by atoms with Crippen molar-refractivity contribution in [2.45, 2.75) is 20.8 Å². The van der Waals surface area contributed by atoms with Gasteiger partial charge >= 0.3 is 0 Å². The maximum Gasteiger partial charge on any atom is 0.0844 e. The summed E-state index contributed by atoms with van der Waals surface area (Å²) < 4.78 is 4.60. The van der Waals surface area contributed by atoms with Gasteiger partial charge in [0.1, 0.15) is 0 Å². The number of ether oxygens (including phenoxy) is 1. The normalized spacial score (nSPS) is 8.10. The monoisotopic (exact) mass is 146 g/mol. The number of aliphatic hydroxyl groups is 1. The first-order chi connectivity index (χ1) is 4.68. The SMILES string of the molecule is C=COCC.CC(C)CO. The van der Waals surface area contributed by atoms with Crippen LogP contribution in [0.3, 0.4) is 0 Å². The van der Waals surface area contributed by atoms with Crippen LogP contribution in [0, 0.1) is 5.92 Å². The summed E-state index contributed by atoms with van der Waals surface area (Å²) in [5.41, 5.74) is 0. The molecule has 0 bridgehead atoms. The molecule has 0 amide bonds. The van der Waals surface area contributed by atoms with Crippen LogP contribution >= 0.6 is 0 Å². The summed E-state index contributed by atoms with van der Waals surface area (Å²) in [7, 11) is 0. The molecule has 0 saturated carbocycles. The van der Waals surface area contributed by atoms with Crippen molar-refractivity contribution < 1.29 is 9.84 Å². The lowest BCUT2D eigenvalue weighted by Crippen LogP contribution is -1.90. The molecule has 10 heavy (non-hydrogen) atoms. The summed E-state index contributed by atoms with van der Waals surface area (Å²) in [4.78, 5) is 0. The van der Waals surface area contributed by atoms with Crippen LogP contribution < -0.4 is 0 Å². The quantitative estimate of drug-likeness (QED) is 0.615. The Balaban J connectivity index is 0. The summed E-state index contributed by atoms with van der Waals surface area (Å²) in [6, 6.07) is 0. The lowest BCUT2D eigenvalue weighted by molar-refractivity contribution is 0.248. The molecule has 0 atom stereocenters. The standard InChI is InChI=1S/C4H10O.C4H8O/c1-4(2)3-5;1-3-5-4-2/h4-5H,3H2,1-2H3;3H,1,4H2,2H3. The summed E-state index contributed by atoms with van der Waals surface area (Å²) in [6.07, 6.45) is 1.43. The second-order valence-corrected chi connectivity index (χ2v) is 2.20. The van der Waals surface area contributed by atoms with Crippen molar-refractivity contribution in [3.05, 3.63) is 12.8 Å². The molecule has 0 radical (unpaired) electrons. The first kappa shape index (κ1) is 12.2. The van der Waals surface area contributed by atoms with Crippen LogP contribution in [0.5, 0.6) is 0 Å². The molecule has 0 unspecified atom stereocenters. The van der Waals surface area contributed by atoms with E-state index >= 15 is 0 Å². The van der Waals surface area contributed by atoms with Gasteiger partial charge in [0.25, 0.3) is 0 Å². The molecule has 0 fully saturated rings. The third-order valence-corrected chi connectivity index (χ3v) is 0.650. The Morgan fingerprint density at radius 3 is 2.00 bits per heavy atom. The summed E-state index contributed by atoms with van der Waals surface area (Å²) in [6.45, 7) is 10.2. The predicted molar refractivity (Wildman–Crippen MR) is 43.7 cm³/mol. The van der Waals surface area contributed by atoms with Crippen LogP contribution in [0.4, 0.5) is 0 Å². The number of hydrogen-bond donors (Lipinski definition) is 1. The third kappa shape index (κ3) is 25.9. The van der Waals surface area contributed by atoms with Gasteiger partial charge in [0, 0.05) is 6.61 Å². The molecule has 0 saturated heterocycles. The Labute approximate surface area is 63.5 Å². The molecular formula is C8H18O2. The van der Waals surface area contributed by atoms with E-state index in [-0.39, 0.29) is 0 Å². The van der Waals surface area contributed by atoms with Gasteiger partial charge in [-0.3, -0.25) is 0 Å². The number of hydrogen-bond acceptors (Lipinski definition) is 2. The van der Waals surface area contributed by atoms with Crippen molar-refractivity contribution in [2.75, 3.05) is 13.2 Å². The molecule has 0 rings (SSSR count). The fourth-order valence-electron chi connectivity index (χ4n) is 0.118. The van der Waals surface area contributed by atoms with Crippen LogP contribution in [-0.4, -0.2) is 18.3 Å². The average Bonchev–Trinajstić information content (AvgIpc) is 1.91. The van der Waals surface area contributed by atoms with E-state index < -0.39 is 0 Å². The molecule has 0 aromatic rings. The van der Waals surface area contributed by atoms with E-state index in [0.29, 0.717) is 12.5 Å². The minimum atomic E-state index is 0.306. The highest BCUT2D eigenvalue weighted by Gasteiger charge is 1.81. The van der Waals surface area contributed by atoms with Crippen molar-refractivity contribution in [3.8, 4) is 0 Å². The molecule has 0 heterocycles. The van der Waals surface area contributed by atoms with E-state index in [1.807, 2.05) is 20.8 Å². The lowest BCUT2D eigenvalue weighted by atomic mass is 10.2. The van der Waals surface area contributed by atoms with Crippen molar-refractivity contribution in [2.24, 2.45) is 5.92 Å². The zero-order valence-electron chi connectivity index (χ0n) is 7.13. The van der Waals surface area contributed by atoms with Gasteiger partial charge in [0.05, 0.1) is 12.9 Å². The highest BCUT2D eigenvalue weighted by atomic mass is 16.5. The zero-order chi connectivity index (χ0) is 8.41. The van der Waals surface area contributed by atoms with E-state index in [4.69, 9.17) is 5.11 Å². The zero-order valence-corrected chi connectivity index (χ0v) is 7.13. The lowest BCUT2D eigenvalue weighted by Gasteiger charge is -1.90. The molecule has 62 valence electrons. The summed E-state index contributed by atoms with van der Waals surface area (Å²) >= 11 is 0. The van der Waals surface area contributed by atoms with Gasteiger partial charge in [-0.15, -0.1) is 0 Å². The average molecular weight is 146 g/mol. The Kier molecular flexibility index (Phi) is 13.8. The van der Waals surface area contributed by atoms with Crippen LogP contribution in [0.15, 0.2) is 12.8 Å². The van der Waals surface area contributed by atoms with Crippen molar-refractivity contribution in [3.63, 3.8) is 0 Å². The van der Waals surface area contributed by atoms with Crippen LogP contribution in [0.25, 0.3) is 0 Å². The first-order valence-electron chi connectivity index (χ1n) is 3.52. The smallest absolute Gasteiger partial charge is 0.0844 e. The van der Waals surface area contributed by atoms with E-state index in [1.165, 1.54) is 6.26 Å². The van der Waals surface area contributed by atoms with Crippen molar-refractivity contribution in [1.82, 2.24) is 0 Å². The van der Waals surface area contributed by atoms with Crippen LogP contribution in [0.1, 0.15) is 20.8 Å².